The number of aliphatic hydroxyl groups is 6. The Morgan fingerprint density at radius 2 is 1.67 bits per heavy atom. The topological polar surface area (TPSA) is 219 Å². The van der Waals surface area contributed by atoms with Gasteiger partial charge in [0.15, 0.2) is 11.7 Å². The first kappa shape index (κ1) is 54.4. The number of imidazole rings is 1. The summed E-state index contributed by atoms with van der Waals surface area (Å²) in [5.74, 6) is -0.697. The average Bonchev–Trinajstić information content (AvgIpc) is 3.98. The fourth-order valence-corrected chi connectivity index (χ4v) is 24.3. The predicted octanol–water partition coefficient (Wildman–Crippen LogP) is 7.88. The zero-order valence-corrected chi connectivity index (χ0v) is 47.7. The van der Waals surface area contributed by atoms with Gasteiger partial charge in [0.2, 0.25) is 0 Å². The standard InChI is InChI=1S/C61H92N6O7S2/c1-34(69)66-56(62)65-28-36-25-59(32-68)44-23-38(61(59,74)45-24-46(70)52-43(29-63-4)54(72)47(71)27-60(52,50(36)45)37-13-6-5-7-14-37)30-75-76-31-39(67-21-20-64-33-67)26-57(2,3)53-41-16-11-19-58(17-8-9-18-58)51(41)40-15-10-12-35-22-42(44)55(73)49(53)48(35)40/h20-21,24,33-39,42-44,47,49-52,54-55,63,68-69,71-74H,5-19,22-23,25-32H2,1-4H3,(H3,62,65,66). The zero-order chi connectivity index (χ0) is 53.1. The van der Waals surface area contributed by atoms with E-state index >= 15 is 4.79 Å². The van der Waals surface area contributed by atoms with Crippen LogP contribution in [-0.2, 0) is 4.79 Å². The maximum absolute atomic E-state index is 15.8. The van der Waals surface area contributed by atoms with Gasteiger partial charge in [0.25, 0.3) is 0 Å². The van der Waals surface area contributed by atoms with E-state index in [1.165, 1.54) is 44.1 Å². The Kier molecular flexibility index (Phi) is 14.8. The van der Waals surface area contributed by atoms with Gasteiger partial charge in [-0.1, -0.05) is 89.8 Å². The number of nitrogens with one attached hydrogen (secondary N) is 2. The molecule has 0 aromatic carbocycles. The minimum Gasteiger partial charge on any atom is -0.396 e. The van der Waals surface area contributed by atoms with Gasteiger partial charge < -0.3 is 51.6 Å². The summed E-state index contributed by atoms with van der Waals surface area (Å²) in [6.07, 6.45) is 23.9. The van der Waals surface area contributed by atoms with Crippen molar-refractivity contribution in [3.05, 3.63) is 52.7 Å². The third-order valence-corrected chi connectivity index (χ3v) is 26.3. The van der Waals surface area contributed by atoms with Gasteiger partial charge >= 0.3 is 0 Å². The molecule has 18 unspecified atom stereocenters. The normalized spacial score (nSPS) is 44.6. The Hall–Kier alpha value is -2.21. The van der Waals surface area contributed by atoms with E-state index in [9.17, 15) is 30.6 Å². The fraction of sp³-hybridized carbons (Fsp3) is 0.820. The van der Waals surface area contributed by atoms with Crippen LogP contribution >= 0.6 is 21.6 Å². The number of nitrogens with two attached hydrogens (primary N) is 1. The first-order valence-electron chi connectivity index (χ1n) is 30.3. The molecule has 18 atom stereocenters. The van der Waals surface area contributed by atoms with Gasteiger partial charge in [0.1, 0.15) is 6.23 Å². The van der Waals surface area contributed by atoms with Crippen molar-refractivity contribution < 1.29 is 35.4 Å². The van der Waals surface area contributed by atoms with Crippen molar-refractivity contribution in [2.24, 2.45) is 97.5 Å². The van der Waals surface area contributed by atoms with Crippen LogP contribution in [0.2, 0.25) is 0 Å². The summed E-state index contributed by atoms with van der Waals surface area (Å²) >= 11 is 0. The molecule has 2 heterocycles. The summed E-state index contributed by atoms with van der Waals surface area (Å²) in [4.78, 5) is 25.5. The molecule has 11 aliphatic rings. The van der Waals surface area contributed by atoms with Gasteiger partial charge in [0.05, 0.1) is 36.8 Å². The molecule has 1 saturated heterocycles. The van der Waals surface area contributed by atoms with Crippen molar-refractivity contribution in [2.45, 2.75) is 185 Å². The molecule has 1 aliphatic heterocycles. The van der Waals surface area contributed by atoms with Crippen molar-refractivity contribution in [1.29, 1.82) is 0 Å². The molecule has 10 aliphatic carbocycles. The Balaban J connectivity index is 1.07. The second-order valence-corrected chi connectivity index (χ2v) is 30.1. The first-order chi connectivity index (χ1) is 36.5. The maximum Gasteiger partial charge on any atom is 0.190 e. The summed E-state index contributed by atoms with van der Waals surface area (Å²) in [5.41, 5.74) is 10.1. The summed E-state index contributed by atoms with van der Waals surface area (Å²) < 4.78 is 2.31. The van der Waals surface area contributed by atoms with Gasteiger partial charge in [-0.15, -0.1) is 0 Å². The highest BCUT2D eigenvalue weighted by Crippen LogP contribution is 2.76. The van der Waals surface area contributed by atoms with Crippen LogP contribution in [0, 0.1) is 86.8 Å². The van der Waals surface area contributed by atoms with E-state index in [1.807, 2.05) is 30.4 Å². The van der Waals surface area contributed by atoms with Gasteiger partial charge in [-0.3, -0.25) is 9.79 Å². The number of fused-ring (bicyclic) bond motifs is 14. The van der Waals surface area contributed by atoms with Gasteiger partial charge in [-0.25, -0.2) is 4.98 Å². The van der Waals surface area contributed by atoms with E-state index < -0.39 is 58.7 Å². The van der Waals surface area contributed by atoms with E-state index in [1.54, 1.807) is 40.5 Å². The molecule has 4 bridgehead atoms. The van der Waals surface area contributed by atoms with Crippen molar-refractivity contribution in [2.75, 3.05) is 38.2 Å². The largest absolute Gasteiger partial charge is 0.396 e. The molecular weight excluding hydrogens is 993 g/mol. The number of aliphatic hydroxyl groups excluding tert-OH is 5. The summed E-state index contributed by atoms with van der Waals surface area (Å²) in [6, 6.07) is 0.138. The van der Waals surface area contributed by atoms with E-state index in [0.29, 0.717) is 48.0 Å². The fourth-order valence-electron chi connectivity index (χ4n) is 21.5. The van der Waals surface area contributed by atoms with Crippen LogP contribution in [0.5, 0.6) is 0 Å². The lowest BCUT2D eigenvalue weighted by Gasteiger charge is -2.67. The van der Waals surface area contributed by atoms with E-state index in [0.717, 1.165) is 76.4 Å². The molecule has 76 heavy (non-hydrogen) atoms. The number of nitrogens with zero attached hydrogens (tertiary/aromatic N) is 3. The molecular formula is C61H92N6O7S2. The number of carbonyl (C=O) groups is 1. The van der Waals surface area contributed by atoms with Crippen LogP contribution in [0.3, 0.4) is 0 Å². The van der Waals surface area contributed by atoms with Crippen LogP contribution in [0.25, 0.3) is 0 Å². The lowest BCUT2D eigenvalue weighted by atomic mass is 9.37. The number of guanidine groups is 1. The third kappa shape index (κ3) is 8.25. The van der Waals surface area contributed by atoms with E-state index in [4.69, 9.17) is 10.7 Å². The molecule has 12 rings (SSSR count). The molecule has 1 spiro atoms. The number of carbonyl (C=O) groups excluding carboxylic acids is 1. The quantitative estimate of drug-likeness (QED) is 0.0399. The third-order valence-electron chi connectivity index (χ3n) is 23.7. The first-order valence-corrected chi connectivity index (χ1v) is 32.7. The molecule has 0 radical (unpaired) electrons. The van der Waals surface area contributed by atoms with Crippen molar-refractivity contribution in [3.8, 4) is 0 Å². The lowest BCUT2D eigenvalue weighted by Crippen LogP contribution is -2.71. The Morgan fingerprint density at radius 1 is 0.921 bits per heavy atom. The minimum atomic E-state index is -1.63. The SMILES string of the molecule is CNCC1C(O)C(O)CC2(C3CCCCC3)C3C(=CC(=O)C12)C1(O)C2CSSCC(n4ccnc4)CC(C)(C)C4=C5CCCC6(CCCC6)C5C5=C6C(CCC5)CC(C(O)C64)C(C2)C1(CO)CC3CN=C(N)NC(C)O. The van der Waals surface area contributed by atoms with E-state index in [-0.39, 0.29) is 78.3 Å². The van der Waals surface area contributed by atoms with Crippen LogP contribution in [0.15, 0.2) is 57.7 Å². The van der Waals surface area contributed by atoms with Gasteiger partial charge in [0, 0.05) is 78.0 Å². The van der Waals surface area contributed by atoms with Crippen LogP contribution in [0.1, 0.15) is 155 Å². The monoisotopic (exact) mass is 1080 g/mol. The highest BCUT2D eigenvalue weighted by Gasteiger charge is 2.76. The number of hydrogen-bond donors (Lipinski definition) is 9. The van der Waals surface area contributed by atoms with Crippen molar-refractivity contribution in [1.82, 2.24) is 20.2 Å². The smallest absolute Gasteiger partial charge is 0.190 e. The number of rotatable bonds is 8. The van der Waals surface area contributed by atoms with Crippen LogP contribution in [0.4, 0.5) is 0 Å². The second kappa shape index (κ2) is 20.6. The highest BCUT2D eigenvalue weighted by molar-refractivity contribution is 8.76. The molecule has 0 amide bonds. The molecule has 13 nitrogen and oxygen atoms in total. The Labute approximate surface area is 460 Å². The average molecular weight is 1090 g/mol. The summed E-state index contributed by atoms with van der Waals surface area (Å²) in [7, 11) is 5.51. The zero-order valence-electron chi connectivity index (χ0n) is 46.1. The molecule has 8 fully saturated rings. The number of aromatic nitrogens is 2. The molecule has 1 aromatic heterocycles. The van der Waals surface area contributed by atoms with Crippen molar-refractivity contribution in [3.63, 3.8) is 0 Å². The van der Waals surface area contributed by atoms with Gasteiger partial charge in [-0.05, 0) is 174 Å². The van der Waals surface area contributed by atoms with Crippen LogP contribution in [-0.4, -0.2) is 120 Å². The minimum absolute atomic E-state index is 0.0383. The Morgan fingerprint density at radius 3 is 2.39 bits per heavy atom. The van der Waals surface area contributed by atoms with Crippen LogP contribution < -0.4 is 16.4 Å². The molecule has 15 heteroatoms. The molecule has 1 aromatic rings. The lowest BCUT2D eigenvalue weighted by molar-refractivity contribution is -0.212. The number of ketones is 1. The predicted molar refractivity (Wildman–Crippen MR) is 300 cm³/mol. The second-order valence-electron chi connectivity index (χ2n) is 27.6. The maximum atomic E-state index is 15.8. The van der Waals surface area contributed by atoms with Crippen molar-refractivity contribution >= 4 is 33.3 Å². The Bertz CT molecular complexity index is 2470. The highest BCUT2D eigenvalue weighted by atomic mass is 33.1. The molecule has 420 valence electrons. The molecule has 7 saturated carbocycles. The summed E-state index contributed by atoms with van der Waals surface area (Å²) in [6.45, 7) is 6.85. The number of hydrogen-bond acceptors (Lipinski definition) is 12. The number of aliphatic imine (C=N–C) groups is 1. The van der Waals surface area contributed by atoms with Gasteiger partial charge in [-0.2, -0.15) is 0 Å². The van der Waals surface area contributed by atoms with E-state index in [2.05, 4.69) is 40.2 Å². The molecule has 10 N–H and O–H groups in total. The summed E-state index contributed by atoms with van der Waals surface area (Å²) in [5, 5.41) is 82.9. The number of allylic oxidation sites excluding steroid dienone is 3.